The molecule has 1 fully saturated rings. The second-order valence-electron chi connectivity index (χ2n) is 7.13. The Morgan fingerprint density at radius 1 is 1.24 bits per heavy atom. The van der Waals surface area contributed by atoms with Crippen molar-refractivity contribution in [3.63, 3.8) is 0 Å². The van der Waals surface area contributed by atoms with Crippen LogP contribution in [-0.4, -0.2) is 57.1 Å². The van der Waals surface area contributed by atoms with Gasteiger partial charge in [-0.2, -0.15) is 9.41 Å². The molecule has 3 N–H and O–H groups in total. The fourth-order valence-corrected chi connectivity index (χ4v) is 5.09. The molecule has 176 valence electrons. The fourth-order valence-electron chi connectivity index (χ4n) is 3.31. The van der Waals surface area contributed by atoms with E-state index in [0.29, 0.717) is 34.9 Å². The van der Waals surface area contributed by atoms with E-state index in [0.717, 1.165) is 0 Å². The minimum Gasteiger partial charge on any atom is -0.493 e. The van der Waals surface area contributed by atoms with Gasteiger partial charge < -0.3 is 15.2 Å². The summed E-state index contributed by atoms with van der Waals surface area (Å²) in [7, 11) is -2.42. The summed E-state index contributed by atoms with van der Waals surface area (Å²) in [5, 5.41) is 4.35. The van der Waals surface area contributed by atoms with E-state index in [2.05, 4.69) is 10.5 Å². The average Bonchev–Trinajstić information content (AvgIpc) is 3.29. The van der Waals surface area contributed by atoms with E-state index in [4.69, 9.17) is 26.8 Å². The van der Waals surface area contributed by atoms with Crippen molar-refractivity contribution in [2.45, 2.75) is 23.8 Å². The Morgan fingerprint density at radius 3 is 2.64 bits per heavy atom. The molecule has 1 aliphatic rings. The van der Waals surface area contributed by atoms with Gasteiger partial charge in [0.15, 0.2) is 18.1 Å². The first kappa shape index (κ1) is 24.5. The number of halogens is 1. The van der Waals surface area contributed by atoms with Crippen LogP contribution in [0.1, 0.15) is 18.4 Å². The quantitative estimate of drug-likeness (QED) is 0.400. The van der Waals surface area contributed by atoms with Crippen molar-refractivity contribution in [2.75, 3.05) is 20.3 Å². The molecule has 0 radical (unpaired) electrons. The smallest absolute Gasteiger partial charge is 0.258 e. The van der Waals surface area contributed by atoms with Gasteiger partial charge in [-0.1, -0.05) is 11.6 Å². The maximum absolute atomic E-state index is 13.0. The summed E-state index contributed by atoms with van der Waals surface area (Å²) in [5.41, 5.74) is 8.05. The number of nitrogens with one attached hydrogen (secondary N) is 1. The highest BCUT2D eigenvalue weighted by Gasteiger charge is 2.39. The molecule has 1 aliphatic heterocycles. The van der Waals surface area contributed by atoms with Crippen molar-refractivity contribution >= 4 is 39.7 Å². The van der Waals surface area contributed by atoms with Gasteiger partial charge in [0.2, 0.25) is 10.0 Å². The van der Waals surface area contributed by atoms with Crippen molar-refractivity contribution in [3.8, 4) is 11.5 Å². The van der Waals surface area contributed by atoms with E-state index < -0.39 is 27.9 Å². The van der Waals surface area contributed by atoms with Gasteiger partial charge in [-0.3, -0.25) is 9.59 Å². The molecule has 1 saturated heterocycles. The number of sulfonamides is 1. The van der Waals surface area contributed by atoms with Gasteiger partial charge in [-0.05, 0) is 60.9 Å². The van der Waals surface area contributed by atoms with Crippen LogP contribution in [0.3, 0.4) is 0 Å². The first-order valence-corrected chi connectivity index (χ1v) is 11.7. The van der Waals surface area contributed by atoms with E-state index in [-0.39, 0.29) is 18.0 Å². The molecule has 33 heavy (non-hydrogen) atoms. The van der Waals surface area contributed by atoms with Gasteiger partial charge in [0.05, 0.1) is 18.2 Å². The molecule has 0 aromatic heterocycles. The van der Waals surface area contributed by atoms with Crippen molar-refractivity contribution in [1.29, 1.82) is 0 Å². The van der Waals surface area contributed by atoms with E-state index in [1.54, 1.807) is 18.2 Å². The molecular formula is C21H23ClN4O6S. The number of nitrogens with zero attached hydrogens (tertiary/aromatic N) is 2. The molecule has 1 heterocycles. The highest BCUT2D eigenvalue weighted by atomic mass is 35.5. The first-order valence-electron chi connectivity index (χ1n) is 9.92. The highest BCUT2D eigenvalue weighted by molar-refractivity contribution is 7.89. The Balaban J connectivity index is 1.67. The van der Waals surface area contributed by atoms with Crippen LogP contribution in [0.2, 0.25) is 5.02 Å². The van der Waals surface area contributed by atoms with E-state index in [1.165, 1.54) is 41.9 Å². The summed E-state index contributed by atoms with van der Waals surface area (Å²) < 4.78 is 37.6. The maximum Gasteiger partial charge on any atom is 0.258 e. The molecule has 0 spiro atoms. The van der Waals surface area contributed by atoms with Crippen LogP contribution < -0.4 is 20.6 Å². The molecule has 0 unspecified atom stereocenters. The molecule has 0 saturated carbocycles. The van der Waals surface area contributed by atoms with Crippen molar-refractivity contribution in [2.24, 2.45) is 10.8 Å². The zero-order chi connectivity index (χ0) is 24.0. The number of methoxy groups -OCH3 is 1. The van der Waals surface area contributed by atoms with Crippen LogP contribution in [0.15, 0.2) is 52.5 Å². The molecule has 0 bridgehead atoms. The molecule has 2 amide bonds. The third-order valence-corrected chi connectivity index (χ3v) is 7.05. The van der Waals surface area contributed by atoms with E-state index >= 15 is 0 Å². The number of nitrogens with two attached hydrogens (primary N) is 1. The zero-order valence-electron chi connectivity index (χ0n) is 17.7. The Morgan fingerprint density at radius 2 is 1.97 bits per heavy atom. The van der Waals surface area contributed by atoms with Crippen LogP contribution >= 0.6 is 11.6 Å². The van der Waals surface area contributed by atoms with Crippen LogP contribution in [-0.2, 0) is 19.6 Å². The summed E-state index contributed by atoms with van der Waals surface area (Å²) in [6.45, 7) is -0.0621. The number of hydrogen-bond donors (Lipinski definition) is 2. The largest absolute Gasteiger partial charge is 0.493 e. The number of hydrazone groups is 1. The first-order chi connectivity index (χ1) is 15.7. The predicted molar refractivity (Wildman–Crippen MR) is 122 cm³/mol. The number of amides is 2. The minimum absolute atomic E-state index is 0.0702. The van der Waals surface area contributed by atoms with Gasteiger partial charge in [0.1, 0.15) is 6.04 Å². The predicted octanol–water partition coefficient (Wildman–Crippen LogP) is 1.52. The Bertz CT molecular complexity index is 1150. The number of primary amides is 1. The Kier molecular flexibility index (Phi) is 7.90. The number of benzene rings is 2. The number of hydrogen-bond acceptors (Lipinski definition) is 7. The summed E-state index contributed by atoms with van der Waals surface area (Å²) in [6.07, 6.45) is 2.32. The second kappa shape index (κ2) is 10.6. The highest BCUT2D eigenvalue weighted by Crippen LogP contribution is 2.28. The standard InChI is InChI=1S/C21H23ClN4O6S/c1-31-19-11-14(4-9-18(19)32-13-20(23)27)12-24-25-21(28)17-3-2-10-26(17)33(29,30)16-7-5-15(22)6-8-16/h4-9,11-12,17H,2-3,10,13H2,1H3,(H2,23,27)(H,25,28)/b24-12-/t17-/m0/s1. The lowest BCUT2D eigenvalue weighted by Crippen LogP contribution is -2.44. The summed E-state index contributed by atoms with van der Waals surface area (Å²) in [4.78, 5) is 23.6. The van der Waals surface area contributed by atoms with Crippen LogP contribution in [0.5, 0.6) is 11.5 Å². The van der Waals surface area contributed by atoms with Crippen molar-refractivity contribution in [3.05, 3.63) is 53.1 Å². The summed E-state index contributed by atoms with van der Waals surface area (Å²) in [5.74, 6) is -0.479. The Hall–Kier alpha value is -3.15. The van der Waals surface area contributed by atoms with Gasteiger partial charge in [0, 0.05) is 11.6 Å². The molecule has 10 nitrogen and oxygen atoms in total. The van der Waals surface area contributed by atoms with Crippen LogP contribution in [0.25, 0.3) is 0 Å². The zero-order valence-corrected chi connectivity index (χ0v) is 19.3. The number of carbonyl (C=O) groups is 2. The monoisotopic (exact) mass is 494 g/mol. The second-order valence-corrected chi connectivity index (χ2v) is 9.45. The topological polar surface area (TPSA) is 140 Å². The number of carbonyl (C=O) groups excluding carboxylic acids is 2. The fraction of sp³-hybridized carbons (Fsp3) is 0.286. The average molecular weight is 495 g/mol. The molecule has 12 heteroatoms. The molecule has 3 rings (SSSR count). The lowest BCUT2D eigenvalue weighted by Gasteiger charge is -2.22. The molecule has 0 aliphatic carbocycles. The summed E-state index contributed by atoms with van der Waals surface area (Å²) >= 11 is 5.84. The van der Waals surface area contributed by atoms with Crippen LogP contribution in [0.4, 0.5) is 0 Å². The van der Waals surface area contributed by atoms with Crippen LogP contribution in [0, 0.1) is 0 Å². The van der Waals surface area contributed by atoms with E-state index in [1.807, 2.05) is 0 Å². The molecule has 2 aromatic carbocycles. The molecule has 2 aromatic rings. The van der Waals surface area contributed by atoms with Gasteiger partial charge in [-0.15, -0.1) is 0 Å². The van der Waals surface area contributed by atoms with E-state index in [9.17, 15) is 18.0 Å². The summed E-state index contributed by atoms with van der Waals surface area (Å²) in [6, 6.07) is 9.73. The van der Waals surface area contributed by atoms with Gasteiger partial charge in [-0.25, -0.2) is 13.8 Å². The van der Waals surface area contributed by atoms with Gasteiger partial charge in [0.25, 0.3) is 11.8 Å². The number of rotatable bonds is 9. The maximum atomic E-state index is 13.0. The molecular weight excluding hydrogens is 472 g/mol. The SMILES string of the molecule is COc1cc(/C=N\NC(=O)[C@@H]2CCCN2S(=O)(=O)c2ccc(Cl)cc2)ccc1OCC(N)=O. The minimum atomic E-state index is -3.85. The van der Waals surface area contributed by atoms with Gasteiger partial charge >= 0.3 is 0 Å². The normalized spacial score (nSPS) is 16.6. The van der Waals surface area contributed by atoms with Crippen molar-refractivity contribution in [1.82, 2.24) is 9.73 Å². The lowest BCUT2D eigenvalue weighted by molar-refractivity contribution is -0.124. The third kappa shape index (κ3) is 6.01. The molecule has 1 atom stereocenters. The number of ether oxygens (including phenoxy) is 2. The Labute approximate surface area is 196 Å². The van der Waals surface area contributed by atoms with Crippen molar-refractivity contribution < 1.29 is 27.5 Å². The third-order valence-electron chi connectivity index (χ3n) is 4.87. The lowest BCUT2D eigenvalue weighted by atomic mass is 10.2.